The molecular formula is C30H33FN4O2. The summed E-state index contributed by atoms with van der Waals surface area (Å²) < 4.78 is 24.4. The number of pyridine rings is 1. The first-order valence-electron chi connectivity index (χ1n) is 12.6. The van der Waals surface area contributed by atoms with Gasteiger partial charge in [0.05, 0.1) is 40.6 Å². The van der Waals surface area contributed by atoms with Crippen molar-refractivity contribution >= 4 is 38.4 Å². The van der Waals surface area contributed by atoms with E-state index in [1.165, 1.54) is 7.11 Å². The summed E-state index contributed by atoms with van der Waals surface area (Å²) in [6, 6.07) is 8.88. The third kappa shape index (κ3) is 3.58. The maximum Gasteiger partial charge on any atom is 0.199 e. The first-order chi connectivity index (χ1) is 17.3. The highest BCUT2D eigenvalue weighted by molar-refractivity contribution is 6.10. The fourth-order valence-corrected chi connectivity index (χ4v) is 6.01. The van der Waals surface area contributed by atoms with E-state index in [4.69, 9.17) is 4.74 Å². The molecule has 1 aliphatic rings. The summed E-state index contributed by atoms with van der Waals surface area (Å²) in [5.74, 6) is -0.105. The van der Waals surface area contributed by atoms with Crippen LogP contribution in [0.25, 0.3) is 38.4 Å². The molecule has 0 amide bonds. The van der Waals surface area contributed by atoms with Crippen LogP contribution in [-0.4, -0.2) is 39.7 Å². The molecule has 6 nitrogen and oxygen atoms in total. The SMILES string of the molecule is COc1cc2c(=O)c3c4ccc(C#N)cc4[nH]c3n(C(C)C)c2c(F)c1C1=CC(C)(C)N(C)C(C)(C)C1. The molecule has 0 saturated carbocycles. The summed E-state index contributed by atoms with van der Waals surface area (Å²) in [5, 5.41) is 10.8. The van der Waals surface area contributed by atoms with Crippen molar-refractivity contribution in [2.75, 3.05) is 14.2 Å². The predicted molar refractivity (Wildman–Crippen MR) is 148 cm³/mol. The summed E-state index contributed by atoms with van der Waals surface area (Å²) in [6.07, 6.45) is 2.73. The fourth-order valence-electron chi connectivity index (χ4n) is 6.01. The van der Waals surface area contributed by atoms with Crippen LogP contribution in [0, 0.1) is 17.1 Å². The van der Waals surface area contributed by atoms with Crippen LogP contribution in [0.2, 0.25) is 0 Å². The van der Waals surface area contributed by atoms with Gasteiger partial charge in [-0.25, -0.2) is 4.39 Å². The molecule has 1 N–H and O–H groups in total. The molecule has 5 rings (SSSR count). The minimum Gasteiger partial charge on any atom is -0.496 e. The van der Waals surface area contributed by atoms with E-state index in [0.29, 0.717) is 45.2 Å². The van der Waals surface area contributed by atoms with Gasteiger partial charge in [0.25, 0.3) is 0 Å². The molecule has 3 heterocycles. The second-order valence-corrected chi connectivity index (χ2v) is 11.5. The van der Waals surface area contributed by atoms with Gasteiger partial charge in [0, 0.05) is 28.0 Å². The van der Waals surface area contributed by atoms with Gasteiger partial charge in [-0.3, -0.25) is 9.69 Å². The lowest BCUT2D eigenvalue weighted by molar-refractivity contribution is 0.0696. The Labute approximate surface area is 215 Å². The van der Waals surface area contributed by atoms with E-state index in [1.807, 2.05) is 18.4 Å². The number of hydrogen-bond donors (Lipinski definition) is 1. The smallest absolute Gasteiger partial charge is 0.199 e. The normalized spacial score (nSPS) is 17.5. The number of fused-ring (bicyclic) bond motifs is 4. The van der Waals surface area contributed by atoms with Crippen molar-refractivity contribution in [2.24, 2.45) is 0 Å². The first kappa shape index (κ1) is 25.0. The van der Waals surface area contributed by atoms with Crippen molar-refractivity contribution in [3.63, 3.8) is 0 Å². The lowest BCUT2D eigenvalue weighted by atomic mass is 9.78. The minimum atomic E-state index is -0.458. The van der Waals surface area contributed by atoms with Crippen LogP contribution in [-0.2, 0) is 0 Å². The Morgan fingerprint density at radius 1 is 1.16 bits per heavy atom. The van der Waals surface area contributed by atoms with Crippen molar-refractivity contribution < 1.29 is 9.13 Å². The number of aromatic amines is 1. The minimum absolute atomic E-state index is 0.149. The van der Waals surface area contributed by atoms with Crippen molar-refractivity contribution in [3.05, 3.63) is 57.5 Å². The Hall–Kier alpha value is -3.63. The summed E-state index contributed by atoms with van der Waals surface area (Å²) in [5.41, 5.74) is 2.45. The lowest BCUT2D eigenvalue weighted by Gasteiger charge is -2.49. The number of nitrogens with one attached hydrogen (secondary N) is 1. The van der Waals surface area contributed by atoms with Gasteiger partial charge in [-0.05, 0) is 78.8 Å². The summed E-state index contributed by atoms with van der Waals surface area (Å²) in [7, 11) is 3.60. The number of H-pyrrole nitrogens is 1. The number of benzene rings is 2. The van der Waals surface area contributed by atoms with E-state index in [9.17, 15) is 10.1 Å². The molecular weight excluding hydrogens is 467 g/mol. The van der Waals surface area contributed by atoms with Gasteiger partial charge in [-0.1, -0.05) is 12.1 Å². The molecule has 0 fully saturated rings. The number of rotatable bonds is 3. The molecule has 7 heteroatoms. The van der Waals surface area contributed by atoms with Crippen molar-refractivity contribution in [3.8, 4) is 11.8 Å². The molecule has 2 aromatic carbocycles. The number of ether oxygens (including phenoxy) is 1. The highest BCUT2D eigenvalue weighted by atomic mass is 19.1. The van der Waals surface area contributed by atoms with Gasteiger partial charge in [-0.15, -0.1) is 0 Å². The van der Waals surface area contributed by atoms with Crippen LogP contribution in [0.1, 0.15) is 65.1 Å². The van der Waals surface area contributed by atoms with Crippen LogP contribution in [0.5, 0.6) is 5.75 Å². The van der Waals surface area contributed by atoms with E-state index in [0.717, 1.165) is 5.57 Å². The average Bonchev–Trinajstić information content (AvgIpc) is 3.20. The zero-order valence-electron chi connectivity index (χ0n) is 22.7. The lowest BCUT2D eigenvalue weighted by Crippen LogP contribution is -2.54. The van der Waals surface area contributed by atoms with Gasteiger partial charge in [0.2, 0.25) is 0 Å². The summed E-state index contributed by atoms with van der Waals surface area (Å²) in [6.45, 7) is 12.5. The standard InChI is InChI=1S/C30H33FN4O2/c1-16(2)35-26-20(27(36)24-19-10-9-17(15-32)11-21(19)33-28(24)35)12-22(37-8)23(25(26)31)18-13-29(3,4)34(7)30(5,6)14-18/h9-13,16,33H,14H2,1-8H3. The van der Waals surface area contributed by atoms with Gasteiger partial charge < -0.3 is 14.3 Å². The molecule has 37 heavy (non-hydrogen) atoms. The van der Waals surface area contributed by atoms with E-state index in [-0.39, 0.29) is 33.5 Å². The first-order valence-corrected chi connectivity index (χ1v) is 12.6. The number of nitrogens with zero attached hydrogens (tertiary/aromatic N) is 3. The number of methoxy groups -OCH3 is 1. The second-order valence-electron chi connectivity index (χ2n) is 11.5. The van der Waals surface area contributed by atoms with E-state index >= 15 is 4.39 Å². The Morgan fingerprint density at radius 2 is 1.86 bits per heavy atom. The third-order valence-electron chi connectivity index (χ3n) is 8.05. The second kappa shape index (κ2) is 8.19. The fraction of sp³-hybridized carbons (Fsp3) is 0.400. The molecule has 0 aliphatic carbocycles. The van der Waals surface area contributed by atoms with E-state index in [1.54, 1.807) is 24.3 Å². The topological polar surface area (TPSA) is 74.0 Å². The molecule has 1 aliphatic heterocycles. The number of aromatic nitrogens is 2. The Morgan fingerprint density at radius 3 is 2.46 bits per heavy atom. The predicted octanol–water partition coefficient (Wildman–Crippen LogP) is 6.51. The monoisotopic (exact) mass is 500 g/mol. The Balaban J connectivity index is 1.95. The average molecular weight is 501 g/mol. The van der Waals surface area contributed by atoms with Gasteiger partial charge in [0.1, 0.15) is 11.4 Å². The Bertz CT molecular complexity index is 1730. The molecule has 0 spiro atoms. The van der Waals surface area contributed by atoms with Gasteiger partial charge >= 0.3 is 0 Å². The maximum absolute atomic E-state index is 16.9. The highest BCUT2D eigenvalue weighted by Gasteiger charge is 2.40. The van der Waals surface area contributed by atoms with Crippen LogP contribution in [0.15, 0.2) is 35.1 Å². The third-order valence-corrected chi connectivity index (χ3v) is 8.05. The van der Waals surface area contributed by atoms with Crippen molar-refractivity contribution in [1.29, 1.82) is 5.26 Å². The molecule has 192 valence electrons. The highest BCUT2D eigenvalue weighted by Crippen LogP contribution is 2.45. The molecule has 0 unspecified atom stereocenters. The van der Waals surface area contributed by atoms with Crippen molar-refractivity contribution in [2.45, 2.75) is 65.1 Å². The van der Waals surface area contributed by atoms with Crippen molar-refractivity contribution in [1.82, 2.24) is 14.5 Å². The molecule has 0 radical (unpaired) electrons. The quantitative estimate of drug-likeness (QED) is 0.348. The van der Waals surface area contributed by atoms with E-state index < -0.39 is 5.82 Å². The van der Waals surface area contributed by atoms with Gasteiger partial charge in [-0.2, -0.15) is 5.26 Å². The molecule has 0 saturated heterocycles. The number of halogens is 1. The van der Waals surface area contributed by atoms with Crippen LogP contribution in [0.3, 0.4) is 0 Å². The van der Waals surface area contributed by atoms with Gasteiger partial charge in [0.15, 0.2) is 11.2 Å². The number of nitriles is 1. The van der Waals surface area contributed by atoms with Crippen LogP contribution in [0.4, 0.5) is 4.39 Å². The zero-order valence-corrected chi connectivity index (χ0v) is 22.7. The molecule has 4 aromatic rings. The number of likely N-dealkylation sites (N-methyl/N-ethyl adjacent to an activating group) is 1. The molecule has 2 aromatic heterocycles. The molecule has 0 bridgehead atoms. The zero-order chi connectivity index (χ0) is 27.0. The maximum atomic E-state index is 16.9. The molecule has 0 atom stereocenters. The van der Waals surface area contributed by atoms with E-state index in [2.05, 4.69) is 56.8 Å². The Kier molecular flexibility index (Phi) is 5.54. The number of hydrogen-bond acceptors (Lipinski definition) is 4. The largest absolute Gasteiger partial charge is 0.496 e. The summed E-state index contributed by atoms with van der Waals surface area (Å²) >= 11 is 0. The summed E-state index contributed by atoms with van der Waals surface area (Å²) in [4.78, 5) is 19.5. The van der Waals surface area contributed by atoms with Crippen LogP contribution >= 0.6 is 0 Å². The van der Waals surface area contributed by atoms with Crippen LogP contribution < -0.4 is 10.2 Å².